The molecule has 0 saturated carbocycles. The topological polar surface area (TPSA) is 74.8 Å². The van der Waals surface area contributed by atoms with Gasteiger partial charge in [-0.15, -0.1) is 0 Å². The zero-order chi connectivity index (χ0) is 18.5. The van der Waals surface area contributed by atoms with Crippen molar-refractivity contribution in [1.82, 2.24) is 14.8 Å². The van der Waals surface area contributed by atoms with Gasteiger partial charge in [0, 0.05) is 37.4 Å². The lowest BCUT2D eigenvalue weighted by Crippen LogP contribution is -2.48. The van der Waals surface area contributed by atoms with Gasteiger partial charge in [-0.2, -0.15) is 0 Å². The molecule has 2 heterocycles. The van der Waals surface area contributed by atoms with Crippen molar-refractivity contribution in [1.29, 1.82) is 0 Å². The Bertz CT molecular complexity index is 807. The van der Waals surface area contributed by atoms with Crippen molar-refractivity contribution in [2.75, 3.05) is 38.6 Å². The minimum absolute atomic E-state index is 0.107. The number of piperazine rings is 1. The normalized spacial score (nSPS) is 14.1. The highest BCUT2D eigenvalue weighted by Gasteiger charge is 2.21. The van der Waals surface area contributed by atoms with Gasteiger partial charge in [-0.25, -0.2) is 0 Å². The maximum Gasteiger partial charge on any atom is 0.255 e. The number of carbonyl (C=O) groups excluding carboxylic acids is 2. The van der Waals surface area contributed by atoms with E-state index in [4.69, 9.17) is 16.3 Å². The van der Waals surface area contributed by atoms with Crippen LogP contribution in [0.4, 0.5) is 11.4 Å². The van der Waals surface area contributed by atoms with E-state index in [1.807, 2.05) is 0 Å². The molecule has 2 amide bonds. The molecular formula is C18H19ClN4O3. The van der Waals surface area contributed by atoms with Gasteiger partial charge in [-0.1, -0.05) is 11.6 Å². The summed E-state index contributed by atoms with van der Waals surface area (Å²) in [4.78, 5) is 31.0. The maximum absolute atomic E-state index is 12.7. The molecular weight excluding hydrogens is 356 g/mol. The van der Waals surface area contributed by atoms with Gasteiger partial charge in [0.2, 0.25) is 6.41 Å². The molecule has 8 heteroatoms. The molecule has 1 aliphatic heterocycles. The molecule has 0 radical (unpaired) electrons. The van der Waals surface area contributed by atoms with E-state index in [0.29, 0.717) is 53.9 Å². The van der Waals surface area contributed by atoms with Crippen LogP contribution >= 0.6 is 11.6 Å². The summed E-state index contributed by atoms with van der Waals surface area (Å²) in [6.45, 7) is 2.11. The van der Waals surface area contributed by atoms with E-state index in [9.17, 15) is 9.59 Å². The monoisotopic (exact) mass is 374 g/mol. The van der Waals surface area contributed by atoms with Crippen LogP contribution in [0.1, 0.15) is 10.4 Å². The second-order valence-electron chi connectivity index (χ2n) is 5.87. The van der Waals surface area contributed by atoms with Gasteiger partial charge in [0.25, 0.3) is 5.91 Å². The highest BCUT2D eigenvalue weighted by atomic mass is 35.5. The quantitative estimate of drug-likeness (QED) is 0.813. The summed E-state index contributed by atoms with van der Waals surface area (Å²) in [5.41, 5.74) is 1.82. The van der Waals surface area contributed by atoms with E-state index in [1.54, 1.807) is 47.4 Å². The van der Waals surface area contributed by atoms with Crippen LogP contribution in [0.25, 0.3) is 0 Å². The summed E-state index contributed by atoms with van der Waals surface area (Å²) in [7, 11) is 1.57. The van der Waals surface area contributed by atoms with Gasteiger partial charge >= 0.3 is 0 Å². The number of hydrogen-bond donors (Lipinski definition) is 1. The summed E-state index contributed by atoms with van der Waals surface area (Å²) in [5.74, 6) is 0.529. The number of rotatable bonds is 5. The molecule has 3 rings (SSSR count). The lowest BCUT2D eigenvalue weighted by atomic mass is 10.2. The van der Waals surface area contributed by atoms with E-state index >= 15 is 0 Å². The number of nitrogens with one attached hydrogen (secondary N) is 1. The number of ether oxygens (including phenoxy) is 1. The Balaban J connectivity index is 1.75. The number of anilines is 2. The number of halogens is 1. The highest BCUT2D eigenvalue weighted by molar-refractivity contribution is 6.31. The van der Waals surface area contributed by atoms with Gasteiger partial charge in [-0.05, 0) is 24.3 Å². The van der Waals surface area contributed by atoms with Crippen molar-refractivity contribution in [2.24, 2.45) is 0 Å². The van der Waals surface area contributed by atoms with Gasteiger partial charge in [0.05, 0.1) is 30.2 Å². The molecule has 7 nitrogen and oxygen atoms in total. The lowest BCUT2D eigenvalue weighted by molar-refractivity contribution is -0.119. The first kappa shape index (κ1) is 18.0. The molecule has 1 aromatic carbocycles. The minimum atomic E-state index is -0.107. The molecule has 1 N–H and O–H groups in total. The van der Waals surface area contributed by atoms with Crippen LogP contribution in [-0.4, -0.2) is 60.4 Å². The number of pyridine rings is 1. The van der Waals surface area contributed by atoms with Crippen molar-refractivity contribution in [3.8, 4) is 5.75 Å². The van der Waals surface area contributed by atoms with Crippen molar-refractivity contribution in [3.05, 3.63) is 47.2 Å². The zero-order valence-electron chi connectivity index (χ0n) is 14.3. The molecule has 136 valence electrons. The third-order valence-corrected chi connectivity index (χ3v) is 4.41. The summed E-state index contributed by atoms with van der Waals surface area (Å²) in [5, 5.41) is 3.75. The molecule has 0 aliphatic carbocycles. The first-order valence-electron chi connectivity index (χ1n) is 8.15. The van der Waals surface area contributed by atoms with Crippen LogP contribution < -0.4 is 10.1 Å². The number of aromatic nitrogens is 1. The van der Waals surface area contributed by atoms with E-state index < -0.39 is 0 Å². The first-order chi connectivity index (χ1) is 12.6. The Morgan fingerprint density at radius 1 is 1.23 bits per heavy atom. The minimum Gasteiger partial charge on any atom is -0.495 e. The number of nitrogens with zero attached hydrogens (tertiary/aromatic N) is 3. The van der Waals surface area contributed by atoms with E-state index in [2.05, 4.69) is 10.3 Å². The zero-order valence-corrected chi connectivity index (χ0v) is 15.1. The third-order valence-electron chi connectivity index (χ3n) is 4.18. The van der Waals surface area contributed by atoms with Crippen LogP contribution in [-0.2, 0) is 4.79 Å². The SMILES string of the molecule is COc1ccc(Cl)cc1Nc1cncc(C(=O)N2CCN(C=O)CC2)c1. The first-order valence-corrected chi connectivity index (χ1v) is 8.52. The highest BCUT2D eigenvalue weighted by Crippen LogP contribution is 2.30. The number of carbonyl (C=O) groups is 2. The number of benzene rings is 1. The Hall–Kier alpha value is -2.80. The predicted octanol–water partition coefficient (Wildman–Crippen LogP) is 2.40. The lowest BCUT2D eigenvalue weighted by Gasteiger charge is -2.32. The van der Waals surface area contributed by atoms with Gasteiger partial charge in [-0.3, -0.25) is 14.6 Å². The average molecular weight is 375 g/mol. The third kappa shape index (κ3) is 4.05. The summed E-state index contributed by atoms with van der Waals surface area (Å²) < 4.78 is 5.32. The second-order valence-corrected chi connectivity index (χ2v) is 6.30. The molecule has 1 aromatic heterocycles. The molecule has 0 unspecified atom stereocenters. The van der Waals surface area contributed by atoms with Crippen molar-refractivity contribution < 1.29 is 14.3 Å². The number of hydrogen-bond acceptors (Lipinski definition) is 5. The van der Waals surface area contributed by atoms with Crippen molar-refractivity contribution in [2.45, 2.75) is 0 Å². The molecule has 0 spiro atoms. The van der Waals surface area contributed by atoms with E-state index in [0.717, 1.165) is 6.41 Å². The Labute approximate surface area is 156 Å². The van der Waals surface area contributed by atoms with Gasteiger partial charge < -0.3 is 19.9 Å². The van der Waals surface area contributed by atoms with Crippen molar-refractivity contribution in [3.63, 3.8) is 0 Å². The number of amides is 2. The standard InChI is InChI=1S/C18H19ClN4O3/c1-26-17-3-2-14(19)9-16(17)21-15-8-13(10-20-11-15)18(25)23-6-4-22(12-24)5-7-23/h2-3,8-12,21H,4-7H2,1H3. The fourth-order valence-corrected chi connectivity index (χ4v) is 2.94. The molecule has 26 heavy (non-hydrogen) atoms. The average Bonchev–Trinajstić information content (AvgIpc) is 2.68. The summed E-state index contributed by atoms with van der Waals surface area (Å²) in [6.07, 6.45) is 3.97. The Morgan fingerprint density at radius 2 is 2.00 bits per heavy atom. The summed E-state index contributed by atoms with van der Waals surface area (Å²) >= 11 is 6.05. The summed E-state index contributed by atoms with van der Waals surface area (Å²) in [6, 6.07) is 6.98. The van der Waals surface area contributed by atoms with Crippen LogP contribution in [0.15, 0.2) is 36.7 Å². The molecule has 2 aromatic rings. The number of methoxy groups -OCH3 is 1. The smallest absolute Gasteiger partial charge is 0.255 e. The molecule has 1 saturated heterocycles. The Kier molecular flexibility index (Phi) is 5.58. The van der Waals surface area contributed by atoms with Gasteiger partial charge in [0.1, 0.15) is 5.75 Å². The van der Waals surface area contributed by atoms with E-state index in [-0.39, 0.29) is 5.91 Å². The van der Waals surface area contributed by atoms with Gasteiger partial charge in [0.15, 0.2) is 0 Å². The fraction of sp³-hybridized carbons (Fsp3) is 0.278. The molecule has 0 bridgehead atoms. The second kappa shape index (κ2) is 8.05. The largest absolute Gasteiger partial charge is 0.495 e. The van der Waals surface area contributed by atoms with Crippen LogP contribution in [0.5, 0.6) is 5.75 Å². The van der Waals surface area contributed by atoms with Crippen LogP contribution in [0.2, 0.25) is 5.02 Å². The molecule has 0 atom stereocenters. The predicted molar refractivity (Wildman–Crippen MR) is 99.1 cm³/mol. The molecule has 1 aliphatic rings. The van der Waals surface area contributed by atoms with Crippen LogP contribution in [0, 0.1) is 0 Å². The van der Waals surface area contributed by atoms with Crippen molar-refractivity contribution >= 4 is 35.3 Å². The Morgan fingerprint density at radius 3 is 2.69 bits per heavy atom. The fourth-order valence-electron chi connectivity index (χ4n) is 2.77. The van der Waals surface area contributed by atoms with E-state index in [1.165, 1.54) is 6.20 Å². The maximum atomic E-state index is 12.7. The molecule has 1 fully saturated rings. The van der Waals surface area contributed by atoms with Crippen LogP contribution in [0.3, 0.4) is 0 Å².